The van der Waals surface area contributed by atoms with Crippen LogP contribution >= 0.6 is 0 Å². The summed E-state index contributed by atoms with van der Waals surface area (Å²) in [5.41, 5.74) is 1.87. The molecule has 3 amide bonds. The molecule has 0 unspecified atom stereocenters. The molecule has 5 aromatic rings. The minimum absolute atomic E-state index is 0.00727. The van der Waals surface area contributed by atoms with Gasteiger partial charge in [-0.2, -0.15) is 15.5 Å². The SMILES string of the molecule is CC(C)(O)c1cc2nn(C3CCC(N4CCN(CCc5cc(F)c([C@H]6CCC(=O)NC6=O)c(F)c5)C[C@H]4CO)CC3)cc2cc1NC(=O)c1ccc2cc(C#N)cnn12. The van der Waals surface area contributed by atoms with Gasteiger partial charge in [0.15, 0.2) is 0 Å². The number of hydrogen-bond acceptors (Lipinski definition) is 10. The quantitative estimate of drug-likeness (QED) is 0.146. The smallest absolute Gasteiger partial charge is 0.274 e. The topological polar surface area (TPSA) is 181 Å². The molecular weight excluding hydrogens is 761 g/mol. The summed E-state index contributed by atoms with van der Waals surface area (Å²) in [6, 6.07) is 13.6. The number of carbonyl (C=O) groups is 3. The normalized spacial score (nSPS) is 22.1. The second-order valence-corrected chi connectivity index (χ2v) is 16.6. The summed E-state index contributed by atoms with van der Waals surface area (Å²) in [5, 5.41) is 45.9. The molecule has 2 atom stereocenters. The molecule has 0 spiro atoms. The Morgan fingerprint density at radius 1 is 1.03 bits per heavy atom. The molecule has 5 heterocycles. The van der Waals surface area contributed by atoms with Crippen LogP contribution in [0.25, 0.3) is 16.4 Å². The molecule has 1 aliphatic carbocycles. The Morgan fingerprint density at radius 3 is 2.47 bits per heavy atom. The molecule has 308 valence electrons. The number of carbonyl (C=O) groups excluding carboxylic acids is 3. The fraction of sp³-hybridized carbons (Fsp3) is 0.442. The molecule has 0 radical (unpaired) electrons. The highest BCUT2D eigenvalue weighted by atomic mass is 19.1. The maximum absolute atomic E-state index is 15.1. The van der Waals surface area contributed by atoms with Crippen molar-refractivity contribution in [2.45, 2.75) is 88.4 Å². The van der Waals surface area contributed by atoms with Gasteiger partial charge in [0.2, 0.25) is 11.8 Å². The standard InChI is InChI=1S/C43H47F2N9O5/c1-43(2,59)33-19-36-27(18-37(33)48-42(58)38-9-7-30-15-26(20-46)21-47-54(30)38)22-53(50-36)29-5-3-28(4-6-29)52-14-13-51(23-31(52)24-55)12-11-25-16-34(44)40(35(45)17-25)32-8-10-39(56)49-41(32)57/h7,9,15-19,21-22,28-29,31-32,55,59H,3-6,8,10-14,23-24H2,1-2H3,(H,48,58)(H,49,56,57)/t28?,29?,31-,32+/m0/s1. The number of piperazine rings is 1. The maximum Gasteiger partial charge on any atom is 0.274 e. The average molecular weight is 808 g/mol. The second kappa shape index (κ2) is 16.2. The summed E-state index contributed by atoms with van der Waals surface area (Å²) in [6.45, 7) is 6.01. The van der Waals surface area contributed by atoms with E-state index in [9.17, 15) is 29.9 Å². The molecule has 3 aromatic heterocycles. The third kappa shape index (κ3) is 8.20. The van der Waals surface area contributed by atoms with Crippen LogP contribution in [-0.2, 0) is 21.6 Å². The number of nitrogens with zero attached hydrogens (tertiary/aromatic N) is 7. The number of imide groups is 1. The first kappa shape index (κ1) is 40.2. The summed E-state index contributed by atoms with van der Waals surface area (Å²) < 4.78 is 33.7. The van der Waals surface area contributed by atoms with Crippen LogP contribution in [0.4, 0.5) is 14.5 Å². The number of benzene rings is 2. The molecule has 2 aromatic carbocycles. The van der Waals surface area contributed by atoms with Gasteiger partial charge in [0.05, 0.1) is 47.0 Å². The molecule has 3 fully saturated rings. The first-order chi connectivity index (χ1) is 28.3. The molecule has 4 N–H and O–H groups in total. The third-order valence-electron chi connectivity index (χ3n) is 12.2. The predicted octanol–water partition coefficient (Wildman–Crippen LogP) is 4.54. The van der Waals surface area contributed by atoms with Crippen LogP contribution in [0.15, 0.2) is 54.9 Å². The molecule has 2 saturated heterocycles. The lowest BCUT2D eigenvalue weighted by Crippen LogP contribution is -2.58. The largest absolute Gasteiger partial charge is 0.395 e. The number of aromatic nitrogens is 4. The predicted molar refractivity (Wildman–Crippen MR) is 213 cm³/mol. The van der Waals surface area contributed by atoms with E-state index in [4.69, 9.17) is 5.10 Å². The molecule has 16 heteroatoms. The average Bonchev–Trinajstić information content (AvgIpc) is 3.84. The number of aliphatic hydroxyl groups excluding tert-OH is 1. The highest BCUT2D eigenvalue weighted by Gasteiger charge is 2.36. The van der Waals surface area contributed by atoms with Crippen molar-refractivity contribution in [1.29, 1.82) is 5.26 Å². The Labute approximate surface area is 339 Å². The first-order valence-electron chi connectivity index (χ1n) is 20.1. The van der Waals surface area contributed by atoms with Crippen molar-refractivity contribution in [1.82, 2.24) is 34.5 Å². The van der Waals surface area contributed by atoms with E-state index in [-0.39, 0.29) is 48.8 Å². The van der Waals surface area contributed by atoms with E-state index in [1.54, 1.807) is 32.0 Å². The third-order valence-corrected chi connectivity index (χ3v) is 12.2. The number of rotatable bonds is 10. The van der Waals surface area contributed by atoms with Crippen molar-refractivity contribution in [3.63, 3.8) is 0 Å². The van der Waals surface area contributed by atoms with Gasteiger partial charge in [-0.3, -0.25) is 29.3 Å². The van der Waals surface area contributed by atoms with E-state index in [1.807, 2.05) is 23.0 Å². The molecule has 2 aliphatic heterocycles. The lowest BCUT2D eigenvalue weighted by atomic mass is 9.88. The molecule has 3 aliphatic rings. The number of hydrogen-bond donors (Lipinski definition) is 4. The van der Waals surface area contributed by atoms with E-state index >= 15 is 8.78 Å². The van der Waals surface area contributed by atoms with Gasteiger partial charge >= 0.3 is 0 Å². The summed E-state index contributed by atoms with van der Waals surface area (Å²) >= 11 is 0. The van der Waals surface area contributed by atoms with Gasteiger partial charge in [0, 0.05) is 73.1 Å². The van der Waals surface area contributed by atoms with E-state index in [2.05, 4.69) is 31.6 Å². The molecule has 1 saturated carbocycles. The van der Waals surface area contributed by atoms with Crippen LogP contribution in [0.1, 0.15) is 97.1 Å². The van der Waals surface area contributed by atoms with E-state index in [1.165, 1.54) is 22.8 Å². The van der Waals surface area contributed by atoms with Crippen LogP contribution in [-0.4, -0.2) is 102 Å². The van der Waals surface area contributed by atoms with Crippen LogP contribution in [0.5, 0.6) is 0 Å². The molecule has 59 heavy (non-hydrogen) atoms. The zero-order chi connectivity index (χ0) is 41.6. The van der Waals surface area contributed by atoms with Gasteiger partial charge in [-0.15, -0.1) is 0 Å². The second-order valence-electron chi connectivity index (χ2n) is 16.6. The molecular formula is C43H47F2N9O5. The number of anilines is 1. The number of fused-ring (bicyclic) bond motifs is 2. The summed E-state index contributed by atoms with van der Waals surface area (Å²) in [7, 11) is 0. The monoisotopic (exact) mass is 807 g/mol. The maximum atomic E-state index is 15.1. The Balaban J connectivity index is 0.885. The summed E-state index contributed by atoms with van der Waals surface area (Å²) in [5.74, 6) is -4.13. The fourth-order valence-electron chi connectivity index (χ4n) is 9.11. The lowest BCUT2D eigenvalue weighted by Gasteiger charge is -2.46. The van der Waals surface area contributed by atoms with Crippen molar-refractivity contribution < 1.29 is 33.4 Å². The van der Waals surface area contributed by atoms with Gasteiger partial charge in [0.25, 0.3) is 5.91 Å². The lowest BCUT2D eigenvalue weighted by molar-refractivity contribution is -0.134. The van der Waals surface area contributed by atoms with Crippen LogP contribution in [0.3, 0.4) is 0 Å². The summed E-state index contributed by atoms with van der Waals surface area (Å²) in [4.78, 5) is 41.9. The van der Waals surface area contributed by atoms with Crippen molar-refractivity contribution in [3.05, 3.63) is 94.4 Å². The van der Waals surface area contributed by atoms with E-state index in [0.717, 1.165) is 44.2 Å². The fourth-order valence-corrected chi connectivity index (χ4v) is 9.11. The molecule has 0 bridgehead atoms. The Morgan fingerprint density at radius 2 is 1.78 bits per heavy atom. The Kier molecular flexibility index (Phi) is 11.0. The van der Waals surface area contributed by atoms with Gasteiger partial charge in [-0.25, -0.2) is 13.3 Å². The van der Waals surface area contributed by atoms with Crippen LogP contribution in [0.2, 0.25) is 0 Å². The highest BCUT2D eigenvalue weighted by molar-refractivity contribution is 6.05. The van der Waals surface area contributed by atoms with Crippen molar-refractivity contribution in [2.75, 3.05) is 38.1 Å². The van der Waals surface area contributed by atoms with E-state index in [0.29, 0.717) is 52.9 Å². The zero-order valence-electron chi connectivity index (χ0n) is 33.0. The van der Waals surface area contributed by atoms with Gasteiger partial charge in [0.1, 0.15) is 23.4 Å². The summed E-state index contributed by atoms with van der Waals surface area (Å²) in [6.07, 6.45) is 7.50. The number of amides is 3. The van der Waals surface area contributed by atoms with Crippen molar-refractivity contribution in [2.24, 2.45) is 0 Å². The minimum atomic E-state index is -1.28. The zero-order valence-corrected chi connectivity index (χ0v) is 33.0. The minimum Gasteiger partial charge on any atom is -0.395 e. The molecule has 14 nitrogen and oxygen atoms in total. The van der Waals surface area contributed by atoms with Crippen molar-refractivity contribution in [3.8, 4) is 6.07 Å². The number of nitriles is 1. The van der Waals surface area contributed by atoms with Crippen molar-refractivity contribution >= 4 is 39.8 Å². The Hall–Kier alpha value is -5.60. The number of halogens is 2. The Bertz CT molecular complexity index is 2460. The number of piperidine rings is 1. The van der Waals surface area contributed by atoms with Gasteiger partial charge < -0.3 is 20.4 Å². The van der Waals surface area contributed by atoms with Gasteiger partial charge in [-0.1, -0.05) is 0 Å². The van der Waals surface area contributed by atoms with E-state index < -0.39 is 40.9 Å². The van der Waals surface area contributed by atoms with Crippen LogP contribution < -0.4 is 10.6 Å². The van der Waals surface area contributed by atoms with Crippen LogP contribution in [0, 0.1) is 23.0 Å². The number of aliphatic hydroxyl groups is 2. The number of nitrogens with one attached hydrogen (secondary N) is 2. The molecule has 8 rings (SSSR count). The first-order valence-corrected chi connectivity index (χ1v) is 20.1. The van der Waals surface area contributed by atoms with Gasteiger partial charge in [-0.05, 0) is 100 Å². The highest BCUT2D eigenvalue weighted by Crippen LogP contribution is 2.37.